The maximum atomic E-state index is 5.45. The third kappa shape index (κ3) is 2.17. The molecule has 0 saturated carbocycles. The van der Waals surface area contributed by atoms with Crippen molar-refractivity contribution in [3.05, 3.63) is 36.5 Å². The smallest absolute Gasteiger partial charge is 0.231 e. The van der Waals surface area contributed by atoms with E-state index >= 15 is 0 Å². The van der Waals surface area contributed by atoms with Crippen LogP contribution >= 0.6 is 0 Å². The average Bonchev–Trinajstić information content (AvgIpc) is 3.15. The second kappa shape index (κ2) is 4.89. The molecule has 2 unspecified atom stereocenters. The van der Waals surface area contributed by atoms with Crippen LogP contribution in [-0.4, -0.2) is 33.2 Å². The molecule has 0 bridgehead atoms. The van der Waals surface area contributed by atoms with Gasteiger partial charge in [0.2, 0.25) is 11.7 Å². The number of aromatic nitrogens is 4. The fourth-order valence-corrected chi connectivity index (χ4v) is 2.75. The summed E-state index contributed by atoms with van der Waals surface area (Å²) in [5, 5.41) is 7.46. The van der Waals surface area contributed by atoms with Crippen LogP contribution in [0.2, 0.25) is 0 Å². The highest BCUT2D eigenvalue weighted by Crippen LogP contribution is 2.28. The Labute approximate surface area is 121 Å². The maximum absolute atomic E-state index is 5.45. The van der Waals surface area contributed by atoms with Gasteiger partial charge in [0, 0.05) is 24.5 Å². The zero-order valence-corrected chi connectivity index (χ0v) is 11.7. The number of fused-ring (bicyclic) bond motifs is 1. The molecule has 4 rings (SSSR count). The summed E-state index contributed by atoms with van der Waals surface area (Å²) in [6.45, 7) is 4.08. The molecule has 3 heterocycles. The number of rotatable bonds is 2. The van der Waals surface area contributed by atoms with E-state index in [2.05, 4.69) is 32.3 Å². The Kier molecular flexibility index (Phi) is 2.89. The fraction of sp³-hybridized carbons (Fsp3) is 0.333. The third-order valence-electron chi connectivity index (χ3n) is 4.00. The molecular formula is C15H15N5O. The van der Waals surface area contributed by atoms with Crippen LogP contribution in [0.1, 0.15) is 18.7 Å². The molecule has 1 aliphatic heterocycles. The lowest BCUT2D eigenvalue weighted by Crippen LogP contribution is -2.08. The van der Waals surface area contributed by atoms with E-state index in [-0.39, 0.29) is 0 Å². The highest BCUT2D eigenvalue weighted by atomic mass is 16.5. The van der Waals surface area contributed by atoms with Crippen molar-refractivity contribution in [1.29, 1.82) is 0 Å². The molecule has 3 aromatic rings. The van der Waals surface area contributed by atoms with E-state index < -0.39 is 0 Å². The van der Waals surface area contributed by atoms with Gasteiger partial charge in [0.05, 0.1) is 17.0 Å². The van der Waals surface area contributed by atoms with E-state index in [1.165, 1.54) is 0 Å². The van der Waals surface area contributed by atoms with Crippen molar-refractivity contribution in [2.75, 3.05) is 13.1 Å². The van der Waals surface area contributed by atoms with Crippen LogP contribution in [0.5, 0.6) is 0 Å². The molecule has 1 aromatic carbocycles. The highest BCUT2D eigenvalue weighted by Gasteiger charge is 2.29. The first-order chi connectivity index (χ1) is 10.3. The van der Waals surface area contributed by atoms with Gasteiger partial charge in [0.15, 0.2) is 0 Å². The first kappa shape index (κ1) is 12.4. The molecule has 6 heteroatoms. The van der Waals surface area contributed by atoms with Crippen LogP contribution in [0.15, 0.2) is 35.1 Å². The summed E-state index contributed by atoms with van der Waals surface area (Å²) in [6, 6.07) is 5.81. The van der Waals surface area contributed by atoms with E-state index in [0.29, 0.717) is 23.6 Å². The summed E-state index contributed by atoms with van der Waals surface area (Å²) in [7, 11) is 0. The SMILES string of the molecule is CC1CNCC1c1nc(-c2ccc3nccnc3c2)no1. The van der Waals surface area contributed by atoms with Crippen molar-refractivity contribution in [2.24, 2.45) is 5.92 Å². The lowest BCUT2D eigenvalue weighted by molar-refractivity contribution is 0.340. The third-order valence-corrected chi connectivity index (χ3v) is 4.00. The number of hydrogen-bond acceptors (Lipinski definition) is 6. The number of benzene rings is 1. The van der Waals surface area contributed by atoms with E-state index in [9.17, 15) is 0 Å². The van der Waals surface area contributed by atoms with Crippen molar-refractivity contribution in [2.45, 2.75) is 12.8 Å². The van der Waals surface area contributed by atoms with Gasteiger partial charge in [-0.1, -0.05) is 12.1 Å². The van der Waals surface area contributed by atoms with Gasteiger partial charge >= 0.3 is 0 Å². The summed E-state index contributed by atoms with van der Waals surface area (Å²) < 4.78 is 5.45. The summed E-state index contributed by atoms with van der Waals surface area (Å²) in [6.07, 6.45) is 3.36. The fourth-order valence-electron chi connectivity index (χ4n) is 2.75. The number of nitrogens with one attached hydrogen (secondary N) is 1. The summed E-state index contributed by atoms with van der Waals surface area (Å²) in [4.78, 5) is 13.1. The molecule has 1 N–H and O–H groups in total. The molecule has 0 aliphatic carbocycles. The molecule has 1 aliphatic rings. The van der Waals surface area contributed by atoms with E-state index in [0.717, 1.165) is 29.7 Å². The highest BCUT2D eigenvalue weighted by molar-refractivity contribution is 5.79. The molecule has 2 atom stereocenters. The van der Waals surface area contributed by atoms with Gasteiger partial charge in [0.25, 0.3) is 0 Å². The standard InChI is InChI=1S/C15H15N5O/c1-9-7-16-8-11(9)15-19-14(20-21-15)10-2-3-12-13(6-10)18-5-4-17-12/h2-6,9,11,16H,7-8H2,1H3. The van der Waals surface area contributed by atoms with Crippen LogP contribution in [0.4, 0.5) is 0 Å². The molecule has 0 radical (unpaired) electrons. The zero-order valence-electron chi connectivity index (χ0n) is 11.7. The van der Waals surface area contributed by atoms with Crippen LogP contribution < -0.4 is 5.32 Å². The quantitative estimate of drug-likeness (QED) is 0.774. The number of hydrogen-bond donors (Lipinski definition) is 1. The second-order valence-electron chi connectivity index (χ2n) is 5.46. The van der Waals surface area contributed by atoms with Gasteiger partial charge in [-0.2, -0.15) is 4.98 Å². The Morgan fingerprint density at radius 1 is 1.14 bits per heavy atom. The van der Waals surface area contributed by atoms with Crippen molar-refractivity contribution in [1.82, 2.24) is 25.4 Å². The van der Waals surface area contributed by atoms with Crippen molar-refractivity contribution in [3.8, 4) is 11.4 Å². The monoisotopic (exact) mass is 281 g/mol. The van der Waals surface area contributed by atoms with Gasteiger partial charge < -0.3 is 9.84 Å². The Bertz CT molecular complexity index is 784. The predicted octanol–water partition coefficient (Wildman–Crippen LogP) is 2.00. The zero-order chi connectivity index (χ0) is 14.2. The second-order valence-corrected chi connectivity index (χ2v) is 5.46. The van der Waals surface area contributed by atoms with Crippen LogP contribution in [0, 0.1) is 5.92 Å². The van der Waals surface area contributed by atoms with E-state index in [1.54, 1.807) is 12.4 Å². The first-order valence-electron chi connectivity index (χ1n) is 7.07. The molecule has 1 saturated heterocycles. The Hall–Kier alpha value is -2.34. The maximum Gasteiger partial charge on any atom is 0.231 e. The van der Waals surface area contributed by atoms with Gasteiger partial charge in [-0.15, -0.1) is 0 Å². The molecule has 6 nitrogen and oxygen atoms in total. The Morgan fingerprint density at radius 3 is 2.81 bits per heavy atom. The van der Waals surface area contributed by atoms with E-state index in [4.69, 9.17) is 4.52 Å². The van der Waals surface area contributed by atoms with Crippen LogP contribution in [0.3, 0.4) is 0 Å². The average molecular weight is 281 g/mol. The predicted molar refractivity (Wildman–Crippen MR) is 77.6 cm³/mol. The van der Waals surface area contributed by atoms with Crippen molar-refractivity contribution >= 4 is 11.0 Å². The van der Waals surface area contributed by atoms with Gasteiger partial charge in [-0.3, -0.25) is 9.97 Å². The molecule has 2 aromatic heterocycles. The van der Waals surface area contributed by atoms with Gasteiger partial charge in [-0.05, 0) is 30.7 Å². The van der Waals surface area contributed by atoms with Crippen molar-refractivity contribution < 1.29 is 4.52 Å². The lowest BCUT2D eigenvalue weighted by atomic mass is 9.98. The number of nitrogens with zero attached hydrogens (tertiary/aromatic N) is 4. The first-order valence-corrected chi connectivity index (χ1v) is 7.07. The Balaban J connectivity index is 1.70. The van der Waals surface area contributed by atoms with Crippen LogP contribution in [0.25, 0.3) is 22.4 Å². The lowest BCUT2D eigenvalue weighted by Gasteiger charge is -2.07. The van der Waals surface area contributed by atoms with Gasteiger partial charge in [0.1, 0.15) is 0 Å². The summed E-state index contributed by atoms with van der Waals surface area (Å²) in [5.41, 5.74) is 2.59. The molecule has 106 valence electrons. The molecule has 1 fully saturated rings. The normalized spacial score (nSPS) is 22.0. The largest absolute Gasteiger partial charge is 0.339 e. The Morgan fingerprint density at radius 2 is 2.00 bits per heavy atom. The minimum Gasteiger partial charge on any atom is -0.339 e. The molecule has 0 amide bonds. The minimum atomic E-state index is 0.298. The summed E-state index contributed by atoms with van der Waals surface area (Å²) in [5.74, 6) is 2.13. The topological polar surface area (TPSA) is 76.7 Å². The molecule has 21 heavy (non-hydrogen) atoms. The van der Waals surface area contributed by atoms with Crippen LogP contribution in [-0.2, 0) is 0 Å². The molecule has 0 spiro atoms. The van der Waals surface area contributed by atoms with Crippen molar-refractivity contribution in [3.63, 3.8) is 0 Å². The molecular weight excluding hydrogens is 266 g/mol. The minimum absolute atomic E-state index is 0.298. The van der Waals surface area contributed by atoms with Gasteiger partial charge in [-0.25, -0.2) is 0 Å². The van der Waals surface area contributed by atoms with E-state index in [1.807, 2.05) is 18.2 Å². The summed E-state index contributed by atoms with van der Waals surface area (Å²) >= 11 is 0.